The second-order valence-corrected chi connectivity index (χ2v) is 5.08. The molecule has 1 amide bonds. The zero-order chi connectivity index (χ0) is 15.1. The van der Waals surface area contributed by atoms with Crippen LogP contribution in [0.25, 0.3) is 0 Å². The zero-order valence-electron chi connectivity index (χ0n) is 11.3. The van der Waals surface area contributed by atoms with Gasteiger partial charge in [-0.1, -0.05) is 6.07 Å². The molecule has 0 aromatic heterocycles. The Morgan fingerprint density at radius 3 is 2.57 bits per heavy atom. The number of amides is 1. The second kappa shape index (κ2) is 5.73. The van der Waals surface area contributed by atoms with Gasteiger partial charge in [-0.3, -0.25) is 4.79 Å². The minimum atomic E-state index is -4.74. The van der Waals surface area contributed by atoms with E-state index < -0.39 is 30.7 Å². The third-order valence-corrected chi connectivity index (χ3v) is 3.55. The smallest absolute Gasteiger partial charge is 0.399 e. The number of nitrogen functional groups attached to an aromatic ring is 1. The van der Waals surface area contributed by atoms with Crippen molar-refractivity contribution in [3.63, 3.8) is 0 Å². The maximum Gasteiger partial charge on any atom is 0.419 e. The van der Waals surface area contributed by atoms with Gasteiger partial charge >= 0.3 is 6.18 Å². The minimum absolute atomic E-state index is 0. The molecule has 118 valence electrons. The van der Waals surface area contributed by atoms with E-state index in [0.29, 0.717) is 11.3 Å². The van der Waals surface area contributed by atoms with Crippen molar-refractivity contribution in [2.75, 3.05) is 18.8 Å². The predicted octanol–water partition coefficient (Wildman–Crippen LogP) is 2.14. The first-order valence-electron chi connectivity index (χ1n) is 6.08. The molecule has 3 N–H and O–H groups in total. The van der Waals surface area contributed by atoms with Gasteiger partial charge in [0.25, 0.3) is 5.91 Å². The first-order chi connectivity index (χ1) is 9.14. The van der Waals surface area contributed by atoms with Crippen LogP contribution in [-0.4, -0.2) is 40.8 Å². The molecule has 1 saturated heterocycles. The Balaban J connectivity index is 0.00000220. The number of benzene rings is 1. The molecule has 0 saturated carbocycles. The number of aliphatic hydroxyl groups is 1. The number of hydrogen-bond donors (Lipinski definition) is 2. The quantitative estimate of drug-likeness (QED) is 0.778. The lowest BCUT2D eigenvalue weighted by Crippen LogP contribution is -2.48. The normalized spacial score (nSPS) is 22.0. The Bertz CT molecular complexity index is 551. The largest absolute Gasteiger partial charge is 0.419 e. The van der Waals surface area contributed by atoms with Gasteiger partial charge < -0.3 is 15.7 Å². The first kappa shape index (κ1) is 17.6. The van der Waals surface area contributed by atoms with Crippen LogP contribution in [0.5, 0.6) is 0 Å². The summed E-state index contributed by atoms with van der Waals surface area (Å²) < 4.78 is 38.2. The summed E-state index contributed by atoms with van der Waals surface area (Å²) in [5.41, 5.74) is 4.02. The van der Waals surface area contributed by atoms with Gasteiger partial charge in [0.15, 0.2) is 5.60 Å². The molecule has 2 rings (SSSR count). The van der Waals surface area contributed by atoms with Crippen molar-refractivity contribution in [1.82, 2.24) is 4.90 Å². The number of aryl methyl sites for hydroxylation is 1. The summed E-state index contributed by atoms with van der Waals surface area (Å²) in [6, 6.07) is 4.68. The highest BCUT2D eigenvalue weighted by Crippen LogP contribution is 2.38. The Kier molecular flexibility index (Phi) is 4.80. The number of halogens is 4. The van der Waals surface area contributed by atoms with Gasteiger partial charge in [-0.2, -0.15) is 13.2 Å². The molecule has 4 nitrogen and oxygen atoms in total. The molecule has 1 aliphatic rings. The summed E-state index contributed by atoms with van der Waals surface area (Å²) in [6.45, 7) is 0.797. The van der Waals surface area contributed by atoms with Gasteiger partial charge in [-0.25, -0.2) is 0 Å². The Hall–Kier alpha value is -1.47. The fourth-order valence-electron chi connectivity index (χ4n) is 2.24. The van der Waals surface area contributed by atoms with Crippen LogP contribution in [0.2, 0.25) is 0 Å². The number of anilines is 1. The van der Waals surface area contributed by atoms with Crippen molar-refractivity contribution in [1.29, 1.82) is 0 Å². The van der Waals surface area contributed by atoms with E-state index in [9.17, 15) is 23.1 Å². The van der Waals surface area contributed by atoms with E-state index >= 15 is 0 Å². The number of nitrogens with two attached hydrogens (primary N) is 1. The van der Waals surface area contributed by atoms with Crippen LogP contribution >= 0.6 is 12.4 Å². The molecule has 0 aliphatic carbocycles. The fourth-order valence-corrected chi connectivity index (χ4v) is 2.24. The van der Waals surface area contributed by atoms with Gasteiger partial charge in [0.1, 0.15) is 0 Å². The maximum atomic E-state index is 12.7. The van der Waals surface area contributed by atoms with E-state index in [1.54, 1.807) is 19.1 Å². The van der Waals surface area contributed by atoms with Crippen LogP contribution in [0.3, 0.4) is 0 Å². The summed E-state index contributed by atoms with van der Waals surface area (Å²) in [5.74, 6) is -0.546. The van der Waals surface area contributed by atoms with Crippen molar-refractivity contribution < 1.29 is 23.1 Å². The lowest BCUT2D eigenvalue weighted by molar-refractivity contribution is -0.253. The van der Waals surface area contributed by atoms with Crippen LogP contribution in [0.1, 0.15) is 22.3 Å². The monoisotopic (exact) mass is 324 g/mol. The van der Waals surface area contributed by atoms with Gasteiger partial charge in [0.05, 0.1) is 6.54 Å². The molecular formula is C13H16ClF3N2O2. The first-order valence-corrected chi connectivity index (χ1v) is 6.08. The summed E-state index contributed by atoms with van der Waals surface area (Å²) in [4.78, 5) is 13.2. The molecule has 1 atom stereocenters. The van der Waals surface area contributed by atoms with E-state index in [0.717, 1.165) is 4.90 Å². The van der Waals surface area contributed by atoms with Crippen LogP contribution in [0.15, 0.2) is 18.2 Å². The van der Waals surface area contributed by atoms with Crippen LogP contribution in [0.4, 0.5) is 18.9 Å². The SMILES string of the molecule is Cc1ccc(N)cc1C(=O)N1CCC(O)(C(F)(F)F)C1.Cl. The van der Waals surface area contributed by atoms with Crippen molar-refractivity contribution in [3.8, 4) is 0 Å². The predicted molar refractivity (Wildman–Crippen MR) is 74.4 cm³/mol. The van der Waals surface area contributed by atoms with Crippen molar-refractivity contribution in [2.24, 2.45) is 0 Å². The third-order valence-electron chi connectivity index (χ3n) is 3.55. The summed E-state index contributed by atoms with van der Waals surface area (Å²) in [7, 11) is 0. The van der Waals surface area contributed by atoms with E-state index in [1.165, 1.54) is 6.07 Å². The summed E-state index contributed by atoms with van der Waals surface area (Å²) >= 11 is 0. The lowest BCUT2D eigenvalue weighted by atomic mass is 10.0. The molecule has 8 heteroatoms. The van der Waals surface area contributed by atoms with Gasteiger partial charge in [-0.15, -0.1) is 12.4 Å². The van der Waals surface area contributed by atoms with Crippen molar-refractivity contribution >= 4 is 24.0 Å². The number of carbonyl (C=O) groups excluding carboxylic acids is 1. The Morgan fingerprint density at radius 2 is 2.05 bits per heavy atom. The average Bonchev–Trinajstić information content (AvgIpc) is 2.75. The average molecular weight is 325 g/mol. The molecular weight excluding hydrogens is 309 g/mol. The maximum absolute atomic E-state index is 12.7. The fraction of sp³-hybridized carbons (Fsp3) is 0.462. The molecule has 1 aromatic carbocycles. The number of hydrogen-bond acceptors (Lipinski definition) is 3. The summed E-state index contributed by atoms with van der Waals surface area (Å²) in [5, 5.41) is 9.57. The molecule has 21 heavy (non-hydrogen) atoms. The molecule has 1 unspecified atom stereocenters. The molecule has 0 bridgehead atoms. The lowest BCUT2D eigenvalue weighted by Gasteiger charge is -2.26. The van der Waals surface area contributed by atoms with Crippen LogP contribution in [-0.2, 0) is 0 Å². The summed E-state index contributed by atoms with van der Waals surface area (Å²) in [6.07, 6.45) is -5.25. The standard InChI is InChI=1S/C13H15F3N2O2.ClH/c1-8-2-3-9(17)6-10(8)11(19)18-5-4-12(20,7-18)13(14,15)16;/h2-3,6,20H,4-5,7,17H2,1H3;1H. The molecule has 1 fully saturated rings. The number of rotatable bonds is 1. The van der Waals surface area contributed by atoms with E-state index in [2.05, 4.69) is 0 Å². The highest BCUT2D eigenvalue weighted by Gasteiger charge is 2.57. The van der Waals surface area contributed by atoms with Gasteiger partial charge in [0, 0.05) is 24.2 Å². The number of alkyl halides is 3. The third kappa shape index (κ3) is 3.24. The highest BCUT2D eigenvalue weighted by atomic mass is 35.5. The van der Waals surface area contributed by atoms with Gasteiger partial charge in [-0.05, 0) is 24.6 Å². The molecule has 0 spiro atoms. The topological polar surface area (TPSA) is 66.6 Å². The van der Waals surface area contributed by atoms with Gasteiger partial charge in [0.2, 0.25) is 0 Å². The molecule has 0 radical (unpaired) electrons. The van der Waals surface area contributed by atoms with Crippen molar-refractivity contribution in [2.45, 2.75) is 25.1 Å². The van der Waals surface area contributed by atoms with E-state index in [1.807, 2.05) is 0 Å². The highest BCUT2D eigenvalue weighted by molar-refractivity contribution is 5.96. The number of likely N-dealkylation sites (tertiary alicyclic amines) is 1. The number of nitrogens with zero attached hydrogens (tertiary/aromatic N) is 1. The minimum Gasteiger partial charge on any atom is -0.399 e. The van der Waals surface area contributed by atoms with Crippen LogP contribution in [0, 0.1) is 6.92 Å². The number of β-amino-alcohol motifs (C(OH)–C–C–N with tert-alkyl or cyclic N) is 1. The molecule has 1 aromatic rings. The van der Waals surface area contributed by atoms with E-state index in [4.69, 9.17) is 5.73 Å². The van der Waals surface area contributed by atoms with Crippen molar-refractivity contribution in [3.05, 3.63) is 29.3 Å². The molecule has 1 heterocycles. The van der Waals surface area contributed by atoms with E-state index in [-0.39, 0.29) is 24.5 Å². The van der Waals surface area contributed by atoms with Crippen LogP contribution < -0.4 is 5.73 Å². The number of carbonyl (C=O) groups is 1. The molecule has 1 aliphatic heterocycles. The Morgan fingerprint density at radius 1 is 1.43 bits per heavy atom. The zero-order valence-corrected chi connectivity index (χ0v) is 12.1. The second-order valence-electron chi connectivity index (χ2n) is 5.08. The Labute approximate surface area is 126 Å².